The predicted molar refractivity (Wildman–Crippen MR) is 34.7 cm³/mol. The van der Waals surface area contributed by atoms with Gasteiger partial charge in [0.1, 0.15) is 0 Å². The summed E-state index contributed by atoms with van der Waals surface area (Å²) in [7, 11) is 0. The van der Waals surface area contributed by atoms with E-state index in [0.29, 0.717) is 0 Å². The van der Waals surface area contributed by atoms with Crippen LogP contribution in [-0.2, 0) is 0 Å². The number of rotatable bonds is 0. The van der Waals surface area contributed by atoms with Crippen LogP contribution in [0.15, 0.2) is 11.9 Å². The van der Waals surface area contributed by atoms with Crippen molar-refractivity contribution in [3.8, 4) is 0 Å². The highest BCUT2D eigenvalue weighted by Gasteiger charge is 2.24. The zero-order valence-electron chi connectivity index (χ0n) is 5.27. The van der Waals surface area contributed by atoms with Gasteiger partial charge in [-0.15, -0.1) is 0 Å². The van der Waals surface area contributed by atoms with Crippen LogP contribution in [0.25, 0.3) is 0 Å². The van der Waals surface area contributed by atoms with E-state index in [2.05, 4.69) is 21.5 Å². The van der Waals surface area contributed by atoms with E-state index in [-0.39, 0.29) is 12.1 Å². The predicted octanol–water partition coefficient (Wildman–Crippen LogP) is -1.38. The maximum absolute atomic E-state index is 10.7. The summed E-state index contributed by atoms with van der Waals surface area (Å²) in [4.78, 5) is 10.7. The normalized spacial score (nSPS) is 29.4. The Hall–Kier alpha value is -1.23. The number of hydrogen-bond acceptors (Lipinski definition) is 3. The van der Waals surface area contributed by atoms with Gasteiger partial charge in [0, 0.05) is 12.7 Å². The second kappa shape index (κ2) is 1.88. The van der Waals surface area contributed by atoms with E-state index in [1.165, 1.54) is 0 Å². The third kappa shape index (κ3) is 0.714. The molecule has 2 rings (SSSR count). The Morgan fingerprint density at radius 1 is 1.60 bits per heavy atom. The third-order valence-electron chi connectivity index (χ3n) is 1.58. The van der Waals surface area contributed by atoms with E-state index >= 15 is 0 Å². The molecule has 0 saturated carbocycles. The standard InChI is InChI=1S/C5H8N4O/c10-5-6-1-4-3(8-5)2-7-9-4/h1,3,7,9H,2H2,(H2,6,8,10). The van der Waals surface area contributed by atoms with Crippen LogP contribution in [0.3, 0.4) is 0 Å². The Kier molecular flexibility index (Phi) is 1.04. The van der Waals surface area contributed by atoms with Crippen LogP contribution >= 0.6 is 0 Å². The lowest BCUT2D eigenvalue weighted by Gasteiger charge is -2.17. The van der Waals surface area contributed by atoms with Crippen LogP contribution in [0.2, 0.25) is 0 Å². The molecule has 2 aliphatic heterocycles. The molecule has 0 aromatic carbocycles. The molecule has 10 heavy (non-hydrogen) atoms. The second-order valence-corrected chi connectivity index (χ2v) is 2.28. The monoisotopic (exact) mass is 140 g/mol. The molecule has 0 spiro atoms. The van der Waals surface area contributed by atoms with Crippen LogP contribution in [0.4, 0.5) is 4.79 Å². The van der Waals surface area contributed by atoms with Crippen molar-refractivity contribution in [1.82, 2.24) is 21.5 Å². The summed E-state index contributed by atoms with van der Waals surface area (Å²) in [6, 6.07) is -0.0204. The smallest absolute Gasteiger partial charge is 0.319 e. The first-order valence-corrected chi connectivity index (χ1v) is 3.12. The van der Waals surface area contributed by atoms with Gasteiger partial charge in [0.2, 0.25) is 0 Å². The lowest BCUT2D eigenvalue weighted by molar-refractivity contribution is 0.240. The summed E-state index contributed by atoms with van der Waals surface area (Å²) in [5.74, 6) is 0. The SMILES string of the molecule is O=C1NC=C2NNCC2N1. The van der Waals surface area contributed by atoms with Gasteiger partial charge in [0.25, 0.3) is 0 Å². The van der Waals surface area contributed by atoms with Crippen LogP contribution in [0.5, 0.6) is 0 Å². The summed E-state index contributed by atoms with van der Waals surface area (Å²) < 4.78 is 0. The fraction of sp³-hybridized carbons (Fsp3) is 0.400. The first-order valence-electron chi connectivity index (χ1n) is 3.12. The number of urea groups is 1. The van der Waals surface area contributed by atoms with E-state index in [1.807, 2.05) is 0 Å². The Labute approximate surface area is 57.8 Å². The molecular formula is C5H8N4O. The Balaban J connectivity index is 2.20. The number of hydrazine groups is 1. The second-order valence-electron chi connectivity index (χ2n) is 2.28. The number of carbonyl (C=O) groups is 1. The molecule has 4 N–H and O–H groups in total. The Morgan fingerprint density at radius 2 is 2.50 bits per heavy atom. The Bertz CT molecular complexity index is 200. The van der Waals surface area contributed by atoms with Gasteiger partial charge in [-0.1, -0.05) is 0 Å². The van der Waals surface area contributed by atoms with Gasteiger partial charge in [-0.2, -0.15) is 0 Å². The number of nitrogens with one attached hydrogen (secondary N) is 4. The van der Waals surface area contributed by atoms with Crippen LogP contribution in [-0.4, -0.2) is 18.6 Å². The molecule has 0 bridgehead atoms. The molecule has 1 atom stereocenters. The van der Waals surface area contributed by atoms with Crippen molar-refractivity contribution < 1.29 is 4.79 Å². The molecule has 0 aromatic heterocycles. The van der Waals surface area contributed by atoms with Gasteiger partial charge in [0.15, 0.2) is 0 Å². The first kappa shape index (κ1) is 5.55. The molecule has 0 aromatic rings. The van der Waals surface area contributed by atoms with Crippen molar-refractivity contribution in [2.75, 3.05) is 6.54 Å². The fourth-order valence-electron chi connectivity index (χ4n) is 1.06. The molecule has 5 heteroatoms. The van der Waals surface area contributed by atoms with E-state index in [0.717, 1.165) is 12.2 Å². The molecule has 1 unspecified atom stereocenters. The minimum absolute atomic E-state index is 0.119. The summed E-state index contributed by atoms with van der Waals surface area (Å²) in [6.07, 6.45) is 1.67. The molecule has 2 aliphatic rings. The largest absolute Gasteiger partial charge is 0.328 e. The van der Waals surface area contributed by atoms with Gasteiger partial charge >= 0.3 is 6.03 Å². The van der Waals surface area contributed by atoms with E-state index in [4.69, 9.17) is 0 Å². The zero-order chi connectivity index (χ0) is 6.97. The van der Waals surface area contributed by atoms with Gasteiger partial charge < -0.3 is 16.1 Å². The van der Waals surface area contributed by atoms with Gasteiger partial charge in [-0.05, 0) is 0 Å². The maximum atomic E-state index is 10.7. The van der Waals surface area contributed by atoms with Crippen LogP contribution in [0, 0.1) is 0 Å². The van der Waals surface area contributed by atoms with Crippen LogP contribution in [0.1, 0.15) is 0 Å². The molecule has 5 nitrogen and oxygen atoms in total. The average molecular weight is 140 g/mol. The fourth-order valence-corrected chi connectivity index (χ4v) is 1.06. The van der Waals surface area contributed by atoms with Crippen molar-refractivity contribution >= 4 is 6.03 Å². The van der Waals surface area contributed by atoms with Crippen molar-refractivity contribution in [2.45, 2.75) is 6.04 Å². The highest BCUT2D eigenvalue weighted by Crippen LogP contribution is 2.03. The molecule has 2 amide bonds. The lowest BCUT2D eigenvalue weighted by Crippen LogP contribution is -2.46. The minimum atomic E-state index is -0.140. The topological polar surface area (TPSA) is 65.2 Å². The first-order chi connectivity index (χ1) is 4.86. The molecule has 1 fully saturated rings. The summed E-state index contributed by atoms with van der Waals surface area (Å²) >= 11 is 0. The molecular weight excluding hydrogens is 132 g/mol. The summed E-state index contributed by atoms with van der Waals surface area (Å²) in [6.45, 7) is 0.749. The molecule has 1 saturated heterocycles. The van der Waals surface area contributed by atoms with Crippen molar-refractivity contribution in [3.63, 3.8) is 0 Å². The van der Waals surface area contributed by atoms with E-state index in [9.17, 15) is 4.79 Å². The molecule has 0 radical (unpaired) electrons. The zero-order valence-corrected chi connectivity index (χ0v) is 5.27. The quantitative estimate of drug-likeness (QED) is 0.335. The van der Waals surface area contributed by atoms with Crippen LogP contribution < -0.4 is 21.5 Å². The van der Waals surface area contributed by atoms with E-state index in [1.54, 1.807) is 6.20 Å². The Morgan fingerprint density at radius 3 is 3.40 bits per heavy atom. The minimum Gasteiger partial charge on any atom is -0.328 e. The number of amides is 2. The summed E-state index contributed by atoms with van der Waals surface area (Å²) in [5, 5.41) is 5.27. The van der Waals surface area contributed by atoms with Crippen molar-refractivity contribution in [1.29, 1.82) is 0 Å². The van der Waals surface area contributed by atoms with Crippen molar-refractivity contribution in [2.24, 2.45) is 0 Å². The average Bonchev–Trinajstić information content (AvgIpc) is 2.33. The number of fused-ring (bicyclic) bond motifs is 1. The lowest BCUT2D eigenvalue weighted by atomic mass is 10.2. The number of hydrogen-bond donors (Lipinski definition) is 4. The van der Waals surface area contributed by atoms with Crippen molar-refractivity contribution in [3.05, 3.63) is 11.9 Å². The highest BCUT2D eigenvalue weighted by molar-refractivity contribution is 5.77. The van der Waals surface area contributed by atoms with Gasteiger partial charge in [-0.25, -0.2) is 10.2 Å². The molecule has 2 heterocycles. The van der Waals surface area contributed by atoms with E-state index < -0.39 is 0 Å². The third-order valence-corrected chi connectivity index (χ3v) is 1.58. The summed E-state index contributed by atoms with van der Waals surface area (Å²) in [5.41, 5.74) is 6.81. The number of carbonyl (C=O) groups excluding carboxylic acids is 1. The molecule has 54 valence electrons. The van der Waals surface area contributed by atoms with Gasteiger partial charge in [0.05, 0.1) is 11.7 Å². The highest BCUT2D eigenvalue weighted by atomic mass is 16.2. The molecule has 0 aliphatic carbocycles. The van der Waals surface area contributed by atoms with Gasteiger partial charge in [-0.3, -0.25) is 0 Å². The maximum Gasteiger partial charge on any atom is 0.319 e.